The molecule has 0 bridgehead atoms. The molecule has 1 aromatic carbocycles. The standard InChI is InChI=1S/C11H14BrNS/c12-11-3-1-10(2-4-11)9-13-5-7-14-8-6-13/h1-4H,5-9H2/p+1. The molecule has 14 heavy (non-hydrogen) atoms. The van der Waals surface area contributed by atoms with Gasteiger partial charge < -0.3 is 4.90 Å². The molecule has 1 aliphatic heterocycles. The fourth-order valence-electron chi connectivity index (χ4n) is 1.73. The molecule has 3 heteroatoms. The molecule has 1 heterocycles. The largest absolute Gasteiger partial charge is 0.330 e. The Balaban J connectivity index is 1.92. The molecule has 1 fully saturated rings. The van der Waals surface area contributed by atoms with E-state index in [9.17, 15) is 0 Å². The molecular weight excluding hydrogens is 258 g/mol. The maximum atomic E-state index is 3.46. The van der Waals surface area contributed by atoms with Crippen LogP contribution in [-0.4, -0.2) is 24.6 Å². The minimum absolute atomic E-state index is 1.17. The summed E-state index contributed by atoms with van der Waals surface area (Å²) in [5, 5.41) is 0. The average Bonchev–Trinajstić information content (AvgIpc) is 2.23. The van der Waals surface area contributed by atoms with Crippen LogP contribution in [0.1, 0.15) is 5.56 Å². The first-order valence-corrected chi connectivity index (χ1v) is 6.95. The summed E-state index contributed by atoms with van der Waals surface area (Å²) in [6, 6.07) is 8.71. The first-order valence-electron chi connectivity index (χ1n) is 5.00. The minimum atomic E-state index is 1.17. The van der Waals surface area contributed by atoms with Gasteiger partial charge in [0.1, 0.15) is 6.54 Å². The van der Waals surface area contributed by atoms with Crippen LogP contribution in [0.4, 0.5) is 0 Å². The zero-order valence-electron chi connectivity index (χ0n) is 8.13. The molecule has 0 unspecified atom stereocenters. The van der Waals surface area contributed by atoms with Gasteiger partial charge in [0.25, 0.3) is 0 Å². The maximum Gasteiger partial charge on any atom is 0.103 e. The first-order chi connectivity index (χ1) is 6.84. The average molecular weight is 273 g/mol. The molecule has 0 aliphatic carbocycles. The molecule has 0 saturated carbocycles. The van der Waals surface area contributed by atoms with Crippen LogP contribution in [0.2, 0.25) is 0 Å². The summed E-state index contributed by atoms with van der Waals surface area (Å²) in [4.78, 5) is 1.73. The van der Waals surface area contributed by atoms with E-state index < -0.39 is 0 Å². The molecule has 1 aromatic rings. The highest BCUT2D eigenvalue weighted by atomic mass is 79.9. The summed E-state index contributed by atoms with van der Waals surface area (Å²) in [6.07, 6.45) is 0. The third-order valence-electron chi connectivity index (χ3n) is 2.57. The van der Waals surface area contributed by atoms with Gasteiger partial charge in [-0.25, -0.2) is 0 Å². The Kier molecular flexibility index (Phi) is 3.90. The van der Waals surface area contributed by atoms with Gasteiger partial charge in [0, 0.05) is 21.5 Å². The molecule has 0 radical (unpaired) electrons. The molecule has 1 saturated heterocycles. The second-order valence-corrected chi connectivity index (χ2v) is 5.81. The normalized spacial score (nSPS) is 18.4. The van der Waals surface area contributed by atoms with Crippen molar-refractivity contribution < 1.29 is 4.90 Å². The number of quaternary nitrogens is 1. The minimum Gasteiger partial charge on any atom is -0.330 e. The van der Waals surface area contributed by atoms with E-state index in [0.717, 1.165) is 0 Å². The number of hydrogen-bond donors (Lipinski definition) is 1. The lowest BCUT2D eigenvalue weighted by molar-refractivity contribution is -0.910. The maximum absolute atomic E-state index is 3.46. The smallest absolute Gasteiger partial charge is 0.103 e. The third-order valence-corrected chi connectivity index (χ3v) is 4.08. The lowest BCUT2D eigenvalue weighted by Crippen LogP contribution is -3.12. The number of hydrogen-bond acceptors (Lipinski definition) is 1. The fraction of sp³-hybridized carbons (Fsp3) is 0.455. The lowest BCUT2D eigenvalue weighted by atomic mass is 10.2. The second-order valence-electron chi connectivity index (χ2n) is 3.67. The zero-order chi connectivity index (χ0) is 9.80. The molecule has 0 amide bonds. The van der Waals surface area contributed by atoms with Crippen molar-refractivity contribution in [3.05, 3.63) is 34.3 Å². The number of benzene rings is 1. The molecule has 1 N–H and O–H groups in total. The summed E-state index contributed by atoms with van der Waals surface area (Å²) in [6.45, 7) is 3.83. The van der Waals surface area contributed by atoms with Crippen molar-refractivity contribution in [1.82, 2.24) is 0 Å². The van der Waals surface area contributed by atoms with E-state index in [4.69, 9.17) is 0 Å². The van der Waals surface area contributed by atoms with Crippen LogP contribution in [0.5, 0.6) is 0 Å². The summed E-state index contributed by atoms with van der Waals surface area (Å²) >= 11 is 5.54. The Labute approximate surface area is 98.0 Å². The molecular formula is C11H15BrNS+. The van der Waals surface area contributed by atoms with E-state index in [1.807, 2.05) is 0 Å². The van der Waals surface area contributed by atoms with Gasteiger partial charge in [0.2, 0.25) is 0 Å². The van der Waals surface area contributed by atoms with Gasteiger partial charge in [-0.3, -0.25) is 0 Å². The van der Waals surface area contributed by atoms with Crippen molar-refractivity contribution in [3.63, 3.8) is 0 Å². The first kappa shape index (κ1) is 10.5. The summed E-state index contributed by atoms with van der Waals surface area (Å²) in [5.41, 5.74) is 1.45. The molecule has 1 aliphatic rings. The molecule has 0 atom stereocenters. The van der Waals surface area contributed by atoms with Crippen LogP contribution in [0, 0.1) is 0 Å². The van der Waals surface area contributed by atoms with Crippen LogP contribution < -0.4 is 4.90 Å². The Morgan fingerprint density at radius 3 is 2.43 bits per heavy atom. The molecule has 0 aromatic heterocycles. The SMILES string of the molecule is Brc1ccc(C[NH+]2CCSCC2)cc1. The highest BCUT2D eigenvalue weighted by Crippen LogP contribution is 2.09. The van der Waals surface area contributed by atoms with Crippen LogP contribution in [-0.2, 0) is 6.54 Å². The molecule has 1 nitrogen and oxygen atoms in total. The number of thioether (sulfide) groups is 1. The second kappa shape index (κ2) is 5.19. The third kappa shape index (κ3) is 3.01. The number of nitrogens with one attached hydrogen (secondary N) is 1. The topological polar surface area (TPSA) is 4.44 Å². The zero-order valence-corrected chi connectivity index (χ0v) is 10.5. The summed E-state index contributed by atoms with van der Waals surface area (Å²) < 4.78 is 1.17. The van der Waals surface area contributed by atoms with E-state index in [1.165, 1.54) is 41.2 Å². The number of rotatable bonds is 2. The quantitative estimate of drug-likeness (QED) is 0.857. The van der Waals surface area contributed by atoms with E-state index in [2.05, 4.69) is 52.0 Å². The van der Waals surface area contributed by atoms with Crippen molar-refractivity contribution in [2.45, 2.75) is 6.54 Å². The van der Waals surface area contributed by atoms with Crippen molar-refractivity contribution >= 4 is 27.7 Å². The highest BCUT2D eigenvalue weighted by Gasteiger charge is 2.13. The van der Waals surface area contributed by atoms with Gasteiger partial charge in [-0.05, 0) is 12.1 Å². The summed E-state index contributed by atoms with van der Waals surface area (Å²) in [5.74, 6) is 2.65. The van der Waals surface area contributed by atoms with Crippen molar-refractivity contribution in [2.24, 2.45) is 0 Å². The Morgan fingerprint density at radius 2 is 1.79 bits per heavy atom. The summed E-state index contributed by atoms with van der Waals surface area (Å²) in [7, 11) is 0. The predicted octanol–water partition coefficient (Wildman–Crippen LogP) is 1.58. The van der Waals surface area contributed by atoms with E-state index in [-0.39, 0.29) is 0 Å². The van der Waals surface area contributed by atoms with E-state index in [0.29, 0.717) is 0 Å². The predicted molar refractivity (Wildman–Crippen MR) is 65.9 cm³/mol. The van der Waals surface area contributed by atoms with Crippen molar-refractivity contribution in [3.8, 4) is 0 Å². The molecule has 76 valence electrons. The van der Waals surface area contributed by atoms with Gasteiger partial charge in [0.15, 0.2) is 0 Å². The highest BCUT2D eigenvalue weighted by molar-refractivity contribution is 9.10. The van der Waals surface area contributed by atoms with Crippen LogP contribution in [0.15, 0.2) is 28.7 Å². The number of halogens is 1. The van der Waals surface area contributed by atoms with E-state index >= 15 is 0 Å². The Bertz CT molecular complexity index is 280. The van der Waals surface area contributed by atoms with Crippen LogP contribution >= 0.6 is 27.7 Å². The van der Waals surface area contributed by atoms with Gasteiger partial charge in [0.05, 0.1) is 13.1 Å². The lowest BCUT2D eigenvalue weighted by Gasteiger charge is -2.23. The Hall–Kier alpha value is 0.01000. The molecule has 0 spiro atoms. The van der Waals surface area contributed by atoms with Crippen LogP contribution in [0.3, 0.4) is 0 Å². The van der Waals surface area contributed by atoms with Crippen LogP contribution in [0.25, 0.3) is 0 Å². The van der Waals surface area contributed by atoms with E-state index in [1.54, 1.807) is 4.90 Å². The Morgan fingerprint density at radius 1 is 1.14 bits per heavy atom. The van der Waals surface area contributed by atoms with Gasteiger partial charge >= 0.3 is 0 Å². The van der Waals surface area contributed by atoms with Gasteiger partial charge in [-0.15, -0.1) is 0 Å². The van der Waals surface area contributed by atoms with Crippen molar-refractivity contribution in [1.29, 1.82) is 0 Å². The van der Waals surface area contributed by atoms with Gasteiger partial charge in [-0.1, -0.05) is 28.1 Å². The monoisotopic (exact) mass is 272 g/mol. The van der Waals surface area contributed by atoms with Gasteiger partial charge in [-0.2, -0.15) is 11.8 Å². The van der Waals surface area contributed by atoms with Crippen molar-refractivity contribution in [2.75, 3.05) is 24.6 Å². The molecule has 2 rings (SSSR count). The fourth-order valence-corrected chi connectivity index (χ4v) is 3.06.